The van der Waals surface area contributed by atoms with E-state index in [0.717, 1.165) is 16.3 Å². The van der Waals surface area contributed by atoms with Gasteiger partial charge in [0.25, 0.3) is 5.91 Å². The second-order valence-electron chi connectivity index (χ2n) is 10.4. The van der Waals surface area contributed by atoms with Gasteiger partial charge in [-0.15, -0.1) is 0 Å². The van der Waals surface area contributed by atoms with Gasteiger partial charge in [-0.05, 0) is 49.2 Å². The Labute approximate surface area is 216 Å². The van der Waals surface area contributed by atoms with Crippen LogP contribution >= 0.6 is 0 Å². The number of alkyl carbamates (subject to hydrolysis) is 1. The van der Waals surface area contributed by atoms with E-state index in [1.807, 2.05) is 45.0 Å². The molecule has 37 heavy (non-hydrogen) atoms. The Morgan fingerprint density at radius 3 is 2.49 bits per heavy atom. The van der Waals surface area contributed by atoms with Crippen molar-refractivity contribution in [2.24, 2.45) is 0 Å². The summed E-state index contributed by atoms with van der Waals surface area (Å²) in [4.78, 5) is 27.6. The molecule has 8 nitrogen and oxygen atoms in total. The van der Waals surface area contributed by atoms with Gasteiger partial charge in [-0.1, -0.05) is 54.6 Å². The van der Waals surface area contributed by atoms with Crippen LogP contribution in [0.15, 0.2) is 66.7 Å². The number of amides is 2. The van der Waals surface area contributed by atoms with Gasteiger partial charge in [0, 0.05) is 30.6 Å². The van der Waals surface area contributed by atoms with Gasteiger partial charge in [0.15, 0.2) is 0 Å². The van der Waals surface area contributed by atoms with Crippen LogP contribution in [0.5, 0.6) is 5.75 Å². The monoisotopic (exact) mass is 506 g/mol. The van der Waals surface area contributed by atoms with E-state index < -0.39 is 35.9 Å². The maximum absolute atomic E-state index is 13.5. The predicted molar refractivity (Wildman–Crippen MR) is 140 cm³/mol. The van der Waals surface area contributed by atoms with E-state index in [4.69, 9.17) is 9.47 Å². The van der Waals surface area contributed by atoms with Gasteiger partial charge in [0.05, 0.1) is 12.7 Å². The first-order valence-electron chi connectivity index (χ1n) is 12.4. The fourth-order valence-corrected chi connectivity index (χ4v) is 4.55. The minimum absolute atomic E-state index is 0.0481. The minimum atomic E-state index is -1.54. The normalized spacial score (nSPS) is 18.6. The summed E-state index contributed by atoms with van der Waals surface area (Å²) < 4.78 is 11.8. The summed E-state index contributed by atoms with van der Waals surface area (Å²) in [5.41, 5.74) is -0.519. The SMILES string of the molecule is CC(C)(C)NC(=O)OC1(c2ccc(OCc3cccc4ccccc34)cc2)CCN(CC(O)CO)C1=O. The number of aliphatic hydroxyl groups is 2. The zero-order chi connectivity index (χ0) is 26.6. The number of nitrogens with one attached hydrogen (secondary N) is 1. The van der Waals surface area contributed by atoms with E-state index in [-0.39, 0.29) is 19.5 Å². The van der Waals surface area contributed by atoms with Gasteiger partial charge in [0.1, 0.15) is 12.4 Å². The van der Waals surface area contributed by atoms with Gasteiger partial charge in [-0.2, -0.15) is 0 Å². The number of rotatable bonds is 8. The Kier molecular flexibility index (Phi) is 7.71. The lowest BCUT2D eigenvalue weighted by atomic mass is 9.91. The number of hydrogen-bond acceptors (Lipinski definition) is 6. The molecule has 2 amide bonds. The van der Waals surface area contributed by atoms with Crippen LogP contribution in [0.25, 0.3) is 10.8 Å². The summed E-state index contributed by atoms with van der Waals surface area (Å²) in [6.45, 7) is 5.61. The predicted octanol–water partition coefficient (Wildman–Crippen LogP) is 3.72. The molecule has 196 valence electrons. The second kappa shape index (κ2) is 10.8. The van der Waals surface area contributed by atoms with Gasteiger partial charge in [-0.25, -0.2) is 4.79 Å². The summed E-state index contributed by atoms with van der Waals surface area (Å²) in [6, 6.07) is 21.2. The number of hydrogen-bond donors (Lipinski definition) is 3. The molecular weight excluding hydrogens is 472 g/mol. The molecule has 3 N–H and O–H groups in total. The molecule has 0 aromatic heterocycles. The fourth-order valence-electron chi connectivity index (χ4n) is 4.55. The Balaban J connectivity index is 1.55. The van der Waals surface area contributed by atoms with Gasteiger partial charge < -0.3 is 29.9 Å². The van der Waals surface area contributed by atoms with Crippen molar-refractivity contribution in [3.05, 3.63) is 77.9 Å². The molecular formula is C29H34N2O6. The van der Waals surface area contributed by atoms with Crippen molar-refractivity contribution in [3.8, 4) is 5.75 Å². The third-order valence-corrected chi connectivity index (χ3v) is 6.35. The molecule has 1 heterocycles. The van der Waals surface area contributed by atoms with Crippen LogP contribution in [-0.2, 0) is 21.7 Å². The highest BCUT2D eigenvalue weighted by Gasteiger charge is 2.52. The average Bonchev–Trinajstić information content (AvgIpc) is 3.17. The first-order valence-corrected chi connectivity index (χ1v) is 12.4. The molecule has 1 aliphatic rings. The number of carbonyl (C=O) groups is 2. The quantitative estimate of drug-likeness (QED) is 0.430. The number of β-amino-alcohol motifs (C(OH)–C–C–N with tert-alkyl or cyclic N) is 1. The van der Waals surface area contributed by atoms with E-state index in [1.54, 1.807) is 24.3 Å². The maximum atomic E-state index is 13.5. The molecule has 0 radical (unpaired) electrons. The fraction of sp³-hybridized carbons (Fsp3) is 0.379. The summed E-state index contributed by atoms with van der Waals surface area (Å²) in [5, 5.41) is 24.1. The average molecular weight is 507 g/mol. The van der Waals surface area contributed by atoms with Crippen molar-refractivity contribution in [2.75, 3.05) is 19.7 Å². The van der Waals surface area contributed by atoms with Crippen LogP contribution < -0.4 is 10.1 Å². The Morgan fingerprint density at radius 2 is 1.78 bits per heavy atom. The first kappa shape index (κ1) is 26.4. The number of likely N-dealkylation sites (tertiary alicyclic amines) is 1. The molecule has 0 spiro atoms. The Hall–Kier alpha value is -3.62. The van der Waals surface area contributed by atoms with E-state index in [1.165, 1.54) is 4.90 Å². The van der Waals surface area contributed by atoms with E-state index in [0.29, 0.717) is 17.9 Å². The zero-order valence-corrected chi connectivity index (χ0v) is 21.4. The molecule has 3 aromatic carbocycles. The second-order valence-corrected chi connectivity index (χ2v) is 10.4. The van der Waals surface area contributed by atoms with E-state index in [2.05, 4.69) is 23.5 Å². The highest BCUT2D eigenvalue weighted by molar-refractivity contribution is 5.91. The lowest BCUT2D eigenvalue weighted by molar-refractivity contribution is -0.145. The molecule has 1 fully saturated rings. The number of benzene rings is 3. The maximum Gasteiger partial charge on any atom is 0.408 e. The summed E-state index contributed by atoms with van der Waals surface area (Å²) in [6.07, 6.45) is -1.56. The number of nitrogens with zero attached hydrogens (tertiary/aromatic N) is 1. The highest BCUT2D eigenvalue weighted by Crippen LogP contribution is 2.38. The molecule has 0 saturated carbocycles. The topological polar surface area (TPSA) is 108 Å². The van der Waals surface area contributed by atoms with Crippen molar-refractivity contribution < 1.29 is 29.3 Å². The van der Waals surface area contributed by atoms with Crippen LogP contribution in [-0.4, -0.2) is 58.5 Å². The highest BCUT2D eigenvalue weighted by atomic mass is 16.6. The van der Waals surface area contributed by atoms with Crippen molar-refractivity contribution in [3.63, 3.8) is 0 Å². The third kappa shape index (κ3) is 6.03. The molecule has 2 atom stereocenters. The Bertz CT molecular complexity index is 1250. The van der Waals surface area contributed by atoms with Gasteiger partial charge in [-0.3, -0.25) is 4.79 Å². The van der Waals surface area contributed by atoms with E-state index >= 15 is 0 Å². The zero-order valence-electron chi connectivity index (χ0n) is 21.4. The van der Waals surface area contributed by atoms with Crippen molar-refractivity contribution in [2.45, 2.75) is 51.0 Å². The molecule has 8 heteroatoms. The van der Waals surface area contributed by atoms with Crippen LogP contribution in [0.1, 0.15) is 38.3 Å². The van der Waals surface area contributed by atoms with Crippen LogP contribution in [0, 0.1) is 0 Å². The third-order valence-electron chi connectivity index (χ3n) is 6.35. The molecule has 3 aromatic rings. The minimum Gasteiger partial charge on any atom is -0.489 e. The Morgan fingerprint density at radius 1 is 1.08 bits per heavy atom. The molecule has 0 aliphatic carbocycles. The van der Waals surface area contributed by atoms with E-state index in [9.17, 15) is 19.8 Å². The van der Waals surface area contributed by atoms with Gasteiger partial charge in [0.2, 0.25) is 5.60 Å². The smallest absolute Gasteiger partial charge is 0.408 e. The van der Waals surface area contributed by atoms with Crippen LogP contribution in [0.4, 0.5) is 4.79 Å². The van der Waals surface area contributed by atoms with Crippen molar-refractivity contribution in [1.29, 1.82) is 0 Å². The summed E-state index contributed by atoms with van der Waals surface area (Å²) >= 11 is 0. The number of fused-ring (bicyclic) bond motifs is 1. The van der Waals surface area contributed by atoms with Crippen molar-refractivity contribution in [1.82, 2.24) is 10.2 Å². The molecule has 1 aliphatic heterocycles. The van der Waals surface area contributed by atoms with Crippen LogP contribution in [0.2, 0.25) is 0 Å². The molecule has 2 unspecified atom stereocenters. The standard InChI is InChI=1S/C29H34N2O6/c1-28(2,3)30-27(35)37-29(15-16-31(26(29)34)17-23(33)18-32)22-11-13-24(14-12-22)36-19-21-9-6-8-20-7-4-5-10-25(20)21/h4-14,23,32-33H,15-19H2,1-3H3,(H,30,35). The summed E-state index contributed by atoms with van der Waals surface area (Å²) in [7, 11) is 0. The van der Waals surface area contributed by atoms with Crippen LogP contribution in [0.3, 0.4) is 0 Å². The number of aliphatic hydroxyl groups excluding tert-OH is 2. The number of carbonyl (C=O) groups excluding carboxylic acids is 2. The molecule has 0 bridgehead atoms. The first-order chi connectivity index (χ1) is 17.6. The lowest BCUT2D eigenvalue weighted by Gasteiger charge is -2.31. The van der Waals surface area contributed by atoms with Gasteiger partial charge >= 0.3 is 6.09 Å². The lowest BCUT2D eigenvalue weighted by Crippen LogP contribution is -2.48. The number of ether oxygens (including phenoxy) is 2. The molecule has 4 rings (SSSR count). The van der Waals surface area contributed by atoms with Crippen molar-refractivity contribution >= 4 is 22.8 Å². The molecule has 1 saturated heterocycles. The largest absolute Gasteiger partial charge is 0.489 e. The summed E-state index contributed by atoms with van der Waals surface area (Å²) in [5.74, 6) is 0.178.